The molecule has 0 aliphatic heterocycles. The third-order valence-corrected chi connectivity index (χ3v) is 3.41. The molecule has 2 aromatic carbocycles. The Hall–Kier alpha value is -1.54. The van der Waals surface area contributed by atoms with Crippen LogP contribution in [0, 0.1) is 0 Å². The van der Waals surface area contributed by atoms with E-state index in [1.165, 1.54) is 10.8 Å². The van der Waals surface area contributed by atoms with Crippen molar-refractivity contribution in [3.05, 3.63) is 42.0 Å². The largest absolute Gasteiger partial charge is 0.490 e. The first-order valence-electron chi connectivity index (χ1n) is 6.67. The first-order chi connectivity index (χ1) is 8.80. The quantitative estimate of drug-likeness (QED) is 0.865. The smallest absolute Gasteiger partial charge is 0.124 e. The highest BCUT2D eigenvalue weighted by Gasteiger charge is 2.11. The number of ether oxygens (including phenoxy) is 1. The molecule has 0 aliphatic carbocycles. The Morgan fingerprint density at radius 1 is 1.06 bits per heavy atom. The summed E-state index contributed by atoms with van der Waals surface area (Å²) in [5, 5.41) is 2.42. The number of fused-ring (bicyclic) bond motifs is 1. The van der Waals surface area contributed by atoms with E-state index in [0.717, 1.165) is 24.2 Å². The van der Waals surface area contributed by atoms with Crippen LogP contribution in [0.4, 0.5) is 0 Å². The van der Waals surface area contributed by atoms with Crippen LogP contribution in [0.1, 0.15) is 32.3 Å². The van der Waals surface area contributed by atoms with Crippen LogP contribution in [0.3, 0.4) is 0 Å². The molecule has 96 valence electrons. The van der Waals surface area contributed by atoms with E-state index in [-0.39, 0.29) is 6.10 Å². The highest BCUT2D eigenvalue weighted by Crippen LogP contribution is 2.29. The first-order valence-corrected chi connectivity index (χ1v) is 6.67. The summed E-state index contributed by atoms with van der Waals surface area (Å²) in [7, 11) is 0. The fourth-order valence-electron chi connectivity index (χ4n) is 2.27. The van der Waals surface area contributed by atoms with Gasteiger partial charge in [0.05, 0.1) is 6.10 Å². The third kappa shape index (κ3) is 2.49. The van der Waals surface area contributed by atoms with Crippen molar-refractivity contribution in [2.45, 2.75) is 39.3 Å². The number of benzene rings is 2. The minimum atomic E-state index is 0.275. The summed E-state index contributed by atoms with van der Waals surface area (Å²) in [6, 6.07) is 12.5. The van der Waals surface area contributed by atoms with Gasteiger partial charge in [-0.2, -0.15) is 0 Å². The zero-order chi connectivity index (χ0) is 13.0. The van der Waals surface area contributed by atoms with Crippen molar-refractivity contribution < 1.29 is 4.74 Å². The fraction of sp³-hybridized carbons (Fsp3) is 0.375. The summed E-state index contributed by atoms with van der Waals surface area (Å²) >= 11 is 0. The molecule has 0 spiro atoms. The maximum Gasteiger partial charge on any atom is 0.124 e. The lowest BCUT2D eigenvalue weighted by molar-refractivity contribution is 0.191. The predicted octanol–water partition coefficient (Wildman–Crippen LogP) is 3.87. The van der Waals surface area contributed by atoms with Crippen molar-refractivity contribution in [3.8, 4) is 5.75 Å². The third-order valence-electron chi connectivity index (χ3n) is 3.41. The Morgan fingerprint density at radius 3 is 2.44 bits per heavy atom. The molecule has 0 fully saturated rings. The Balaban J connectivity index is 2.44. The molecule has 2 heteroatoms. The molecule has 0 unspecified atom stereocenters. The van der Waals surface area contributed by atoms with Crippen LogP contribution >= 0.6 is 0 Å². The highest BCUT2D eigenvalue weighted by molar-refractivity contribution is 5.87. The molecule has 0 bridgehead atoms. The van der Waals surface area contributed by atoms with Gasteiger partial charge in [-0.1, -0.05) is 44.2 Å². The van der Waals surface area contributed by atoms with Crippen LogP contribution < -0.4 is 10.5 Å². The summed E-state index contributed by atoms with van der Waals surface area (Å²) < 4.78 is 6.06. The van der Waals surface area contributed by atoms with Crippen molar-refractivity contribution in [2.75, 3.05) is 0 Å². The average molecular weight is 243 g/mol. The van der Waals surface area contributed by atoms with Crippen LogP contribution in [0.25, 0.3) is 10.8 Å². The topological polar surface area (TPSA) is 35.2 Å². The van der Waals surface area contributed by atoms with Crippen molar-refractivity contribution in [1.82, 2.24) is 0 Å². The molecule has 2 rings (SSSR count). The molecule has 2 aromatic rings. The van der Waals surface area contributed by atoms with Gasteiger partial charge in [-0.3, -0.25) is 0 Å². The summed E-state index contributed by atoms with van der Waals surface area (Å²) in [4.78, 5) is 0. The van der Waals surface area contributed by atoms with Gasteiger partial charge in [-0.25, -0.2) is 0 Å². The van der Waals surface area contributed by atoms with Crippen molar-refractivity contribution in [2.24, 2.45) is 5.73 Å². The summed E-state index contributed by atoms with van der Waals surface area (Å²) in [5.74, 6) is 0.935. The zero-order valence-electron chi connectivity index (χ0n) is 11.1. The molecular weight excluding hydrogens is 222 g/mol. The standard InChI is InChI=1S/C16H21NO/c1-3-13(4-2)18-16-10-9-12-7-5-6-8-14(12)15(16)11-17/h5-10,13H,3-4,11,17H2,1-2H3. The zero-order valence-corrected chi connectivity index (χ0v) is 11.1. The Kier molecular flexibility index (Phi) is 4.21. The molecule has 0 radical (unpaired) electrons. The molecule has 18 heavy (non-hydrogen) atoms. The normalized spacial score (nSPS) is 11.1. The van der Waals surface area contributed by atoms with Crippen LogP contribution in [-0.4, -0.2) is 6.10 Å². The van der Waals surface area contributed by atoms with Gasteiger partial charge in [0.15, 0.2) is 0 Å². The molecule has 0 saturated carbocycles. The van der Waals surface area contributed by atoms with Gasteiger partial charge in [0.25, 0.3) is 0 Å². The van der Waals surface area contributed by atoms with Crippen LogP contribution in [0.2, 0.25) is 0 Å². The first kappa shape index (κ1) is 12.9. The van der Waals surface area contributed by atoms with Crippen molar-refractivity contribution in [3.63, 3.8) is 0 Å². The van der Waals surface area contributed by atoms with Gasteiger partial charge in [0.1, 0.15) is 5.75 Å². The lowest BCUT2D eigenvalue weighted by Crippen LogP contribution is -2.15. The predicted molar refractivity (Wildman–Crippen MR) is 76.8 cm³/mol. The summed E-state index contributed by atoms with van der Waals surface area (Å²) in [6.07, 6.45) is 2.32. The highest BCUT2D eigenvalue weighted by atomic mass is 16.5. The van der Waals surface area contributed by atoms with Crippen molar-refractivity contribution in [1.29, 1.82) is 0 Å². The van der Waals surface area contributed by atoms with Gasteiger partial charge in [0, 0.05) is 12.1 Å². The average Bonchev–Trinajstić information content (AvgIpc) is 2.44. The second kappa shape index (κ2) is 5.87. The molecule has 0 saturated heterocycles. The maximum absolute atomic E-state index is 6.06. The van der Waals surface area contributed by atoms with Crippen molar-refractivity contribution >= 4 is 10.8 Å². The minimum Gasteiger partial charge on any atom is -0.490 e. The number of hydrogen-bond acceptors (Lipinski definition) is 2. The Bertz CT molecular complexity index is 517. The van der Waals surface area contributed by atoms with E-state index in [0.29, 0.717) is 6.54 Å². The lowest BCUT2D eigenvalue weighted by atomic mass is 10.0. The van der Waals surface area contributed by atoms with Gasteiger partial charge >= 0.3 is 0 Å². The van der Waals surface area contributed by atoms with Gasteiger partial charge in [-0.15, -0.1) is 0 Å². The summed E-state index contributed by atoms with van der Waals surface area (Å²) in [5.41, 5.74) is 7.01. The number of rotatable bonds is 5. The van der Waals surface area contributed by atoms with Gasteiger partial charge < -0.3 is 10.5 Å². The van der Waals surface area contributed by atoms with E-state index >= 15 is 0 Å². The molecular formula is C16H21NO. The molecule has 2 N–H and O–H groups in total. The maximum atomic E-state index is 6.06. The van der Waals surface area contributed by atoms with Crippen LogP contribution in [0.5, 0.6) is 5.75 Å². The Labute approximate surface area is 109 Å². The summed E-state index contributed by atoms with van der Waals surface area (Å²) in [6.45, 7) is 4.81. The van der Waals surface area contributed by atoms with E-state index in [4.69, 9.17) is 10.5 Å². The molecule has 2 nitrogen and oxygen atoms in total. The number of hydrogen-bond donors (Lipinski definition) is 1. The molecule has 0 heterocycles. The number of nitrogens with two attached hydrogens (primary N) is 1. The van der Waals surface area contributed by atoms with Crippen LogP contribution in [0.15, 0.2) is 36.4 Å². The second-order valence-corrected chi connectivity index (χ2v) is 4.52. The fourth-order valence-corrected chi connectivity index (χ4v) is 2.27. The SMILES string of the molecule is CCC(CC)Oc1ccc2ccccc2c1CN. The van der Waals surface area contributed by atoms with E-state index in [2.05, 4.69) is 32.0 Å². The van der Waals surface area contributed by atoms with E-state index < -0.39 is 0 Å². The molecule has 0 atom stereocenters. The lowest BCUT2D eigenvalue weighted by Gasteiger charge is -2.19. The van der Waals surface area contributed by atoms with Crippen LogP contribution in [-0.2, 0) is 6.54 Å². The van der Waals surface area contributed by atoms with Gasteiger partial charge in [0.2, 0.25) is 0 Å². The van der Waals surface area contributed by atoms with E-state index in [1.807, 2.05) is 18.2 Å². The van der Waals surface area contributed by atoms with E-state index in [1.54, 1.807) is 0 Å². The molecule has 0 aromatic heterocycles. The van der Waals surface area contributed by atoms with Gasteiger partial charge in [-0.05, 0) is 29.7 Å². The second-order valence-electron chi connectivity index (χ2n) is 4.52. The molecule has 0 amide bonds. The monoisotopic (exact) mass is 243 g/mol. The van der Waals surface area contributed by atoms with E-state index in [9.17, 15) is 0 Å². The minimum absolute atomic E-state index is 0.275. The Morgan fingerprint density at radius 2 is 1.78 bits per heavy atom. The molecule has 0 aliphatic rings.